The van der Waals surface area contributed by atoms with Crippen LogP contribution in [0.15, 0.2) is 24.3 Å². The summed E-state index contributed by atoms with van der Waals surface area (Å²) >= 11 is 0. The van der Waals surface area contributed by atoms with Gasteiger partial charge in [-0.2, -0.15) is 4.31 Å². The highest BCUT2D eigenvalue weighted by atomic mass is 32.2. The number of anilines is 1. The van der Waals surface area contributed by atoms with E-state index in [-0.39, 0.29) is 11.8 Å². The smallest absolute Gasteiger partial charge is 0.218 e. The summed E-state index contributed by atoms with van der Waals surface area (Å²) in [4.78, 5) is 0. The van der Waals surface area contributed by atoms with E-state index in [1.54, 1.807) is 35.7 Å². The van der Waals surface area contributed by atoms with Crippen LogP contribution >= 0.6 is 0 Å². The maximum Gasteiger partial charge on any atom is 0.218 e. The van der Waals surface area contributed by atoms with Crippen LogP contribution in [-0.4, -0.2) is 39.0 Å². The Morgan fingerprint density at radius 2 is 1.76 bits per heavy atom. The molecule has 0 atom stereocenters. The molecule has 0 spiro atoms. The zero-order valence-electron chi connectivity index (χ0n) is 13.1. The third kappa shape index (κ3) is 5.30. The van der Waals surface area contributed by atoms with Crippen molar-refractivity contribution in [3.63, 3.8) is 0 Å². The topological polar surface area (TPSA) is 72.6 Å². The first-order valence-corrected chi connectivity index (χ1v) is 8.88. The fourth-order valence-corrected chi connectivity index (χ4v) is 4.22. The normalized spacial score (nSPS) is 12.2. The molecule has 0 heterocycles. The number of rotatable bonds is 9. The molecule has 2 N–H and O–H groups in total. The van der Waals surface area contributed by atoms with Gasteiger partial charge in [0.15, 0.2) is 0 Å². The van der Waals surface area contributed by atoms with Crippen LogP contribution in [-0.2, 0) is 20.5 Å². The second-order valence-corrected chi connectivity index (χ2v) is 6.99. The first-order valence-electron chi connectivity index (χ1n) is 7.27. The Kier molecular flexibility index (Phi) is 7.14. The van der Waals surface area contributed by atoms with Gasteiger partial charge in [-0.3, -0.25) is 0 Å². The highest BCUT2D eigenvalue weighted by Crippen LogP contribution is 2.18. The molecule has 1 aromatic rings. The molecule has 0 saturated heterocycles. The van der Waals surface area contributed by atoms with Crippen LogP contribution in [0.2, 0.25) is 0 Å². The van der Waals surface area contributed by atoms with E-state index in [2.05, 4.69) is 0 Å². The summed E-state index contributed by atoms with van der Waals surface area (Å²) in [7, 11) is -1.79. The van der Waals surface area contributed by atoms with Gasteiger partial charge in [-0.25, -0.2) is 8.42 Å². The monoisotopic (exact) mass is 314 g/mol. The maximum absolute atomic E-state index is 12.7. The molecule has 1 aromatic carbocycles. The van der Waals surface area contributed by atoms with Gasteiger partial charge >= 0.3 is 0 Å². The Morgan fingerprint density at radius 3 is 2.24 bits per heavy atom. The van der Waals surface area contributed by atoms with Gasteiger partial charge < -0.3 is 10.5 Å². The number of nitrogens with zero attached hydrogens (tertiary/aromatic N) is 1. The number of hydrogen-bond acceptors (Lipinski definition) is 4. The Morgan fingerprint density at radius 1 is 1.19 bits per heavy atom. The first kappa shape index (κ1) is 17.9. The number of methoxy groups -OCH3 is 1. The number of ether oxygens (including phenoxy) is 1. The quantitative estimate of drug-likeness (QED) is 0.709. The van der Waals surface area contributed by atoms with Crippen LogP contribution in [0.3, 0.4) is 0 Å². The molecular formula is C15H26N2O3S. The third-order valence-corrected chi connectivity index (χ3v) is 5.45. The van der Waals surface area contributed by atoms with Crippen LogP contribution in [0.4, 0.5) is 5.69 Å². The first-order chi connectivity index (χ1) is 9.94. The molecule has 0 saturated carbocycles. The summed E-state index contributed by atoms with van der Waals surface area (Å²) in [5.74, 6) is -0.00645. The minimum atomic E-state index is -3.37. The van der Waals surface area contributed by atoms with Crippen molar-refractivity contribution in [1.29, 1.82) is 0 Å². The molecule has 120 valence electrons. The molecule has 0 aliphatic heterocycles. The predicted octanol–water partition coefficient (Wildman–Crippen LogP) is 2.24. The molecule has 5 nitrogen and oxygen atoms in total. The lowest BCUT2D eigenvalue weighted by Crippen LogP contribution is -2.42. The van der Waals surface area contributed by atoms with Crippen molar-refractivity contribution < 1.29 is 13.2 Å². The number of sulfonamides is 1. The summed E-state index contributed by atoms with van der Waals surface area (Å²) in [6.07, 6.45) is 1.59. The van der Waals surface area contributed by atoms with E-state index in [9.17, 15) is 8.42 Å². The standard InChI is InChI=1S/C15H26N2O3S/c1-4-15(5-2)17(10-11-20-3)21(18,19)12-13-6-8-14(16)9-7-13/h6-9,15H,4-5,10-12,16H2,1-3H3. The second kappa shape index (κ2) is 8.36. The molecule has 0 unspecified atom stereocenters. The van der Waals surface area contributed by atoms with Gasteiger partial charge in [0.05, 0.1) is 12.4 Å². The van der Waals surface area contributed by atoms with Crippen molar-refractivity contribution in [2.24, 2.45) is 0 Å². The van der Waals surface area contributed by atoms with Crippen LogP contribution in [0, 0.1) is 0 Å². The second-order valence-electron chi connectivity index (χ2n) is 5.07. The predicted molar refractivity (Wildman–Crippen MR) is 86.4 cm³/mol. The van der Waals surface area contributed by atoms with E-state index in [1.807, 2.05) is 13.8 Å². The minimum absolute atomic E-state index is 0.00645. The Labute approximate surface area is 128 Å². The van der Waals surface area contributed by atoms with Crippen molar-refractivity contribution in [1.82, 2.24) is 4.31 Å². The summed E-state index contributed by atoms with van der Waals surface area (Å²) in [5, 5.41) is 0. The molecule has 0 bridgehead atoms. The van der Waals surface area contributed by atoms with Gasteiger partial charge in [-0.05, 0) is 30.5 Å². The van der Waals surface area contributed by atoms with Crippen molar-refractivity contribution in [2.75, 3.05) is 26.0 Å². The SMILES string of the molecule is CCC(CC)N(CCOC)S(=O)(=O)Cc1ccc(N)cc1. The van der Waals surface area contributed by atoms with Gasteiger partial charge in [-0.1, -0.05) is 26.0 Å². The number of nitrogen functional groups attached to an aromatic ring is 1. The molecule has 0 radical (unpaired) electrons. The largest absolute Gasteiger partial charge is 0.399 e. The molecule has 0 aliphatic rings. The van der Waals surface area contributed by atoms with E-state index in [0.717, 1.165) is 18.4 Å². The van der Waals surface area contributed by atoms with E-state index in [0.29, 0.717) is 18.8 Å². The summed E-state index contributed by atoms with van der Waals surface area (Å²) < 4.78 is 32.0. The molecular weight excluding hydrogens is 288 g/mol. The van der Waals surface area contributed by atoms with Crippen LogP contribution in [0.5, 0.6) is 0 Å². The number of benzene rings is 1. The molecule has 0 amide bonds. The number of hydrogen-bond donors (Lipinski definition) is 1. The van der Waals surface area contributed by atoms with Gasteiger partial charge in [0.25, 0.3) is 0 Å². The lowest BCUT2D eigenvalue weighted by atomic mass is 10.2. The summed E-state index contributed by atoms with van der Waals surface area (Å²) in [6, 6.07) is 6.98. The summed E-state index contributed by atoms with van der Waals surface area (Å²) in [6.45, 7) is 4.80. The van der Waals surface area contributed by atoms with E-state index in [4.69, 9.17) is 10.5 Å². The highest BCUT2D eigenvalue weighted by molar-refractivity contribution is 7.88. The van der Waals surface area contributed by atoms with Crippen molar-refractivity contribution >= 4 is 15.7 Å². The maximum atomic E-state index is 12.7. The lowest BCUT2D eigenvalue weighted by molar-refractivity contribution is 0.163. The average Bonchev–Trinajstić information content (AvgIpc) is 2.45. The molecule has 0 aromatic heterocycles. The molecule has 0 fully saturated rings. The highest BCUT2D eigenvalue weighted by Gasteiger charge is 2.27. The third-order valence-electron chi connectivity index (χ3n) is 3.55. The van der Waals surface area contributed by atoms with Gasteiger partial charge in [0, 0.05) is 25.4 Å². The Bertz CT molecular complexity index is 510. The molecule has 1 rings (SSSR count). The van der Waals surface area contributed by atoms with E-state index >= 15 is 0 Å². The molecule has 21 heavy (non-hydrogen) atoms. The van der Waals surface area contributed by atoms with Crippen molar-refractivity contribution in [3.8, 4) is 0 Å². The van der Waals surface area contributed by atoms with Crippen molar-refractivity contribution in [3.05, 3.63) is 29.8 Å². The zero-order valence-corrected chi connectivity index (χ0v) is 13.9. The van der Waals surface area contributed by atoms with Gasteiger partial charge in [0.1, 0.15) is 0 Å². The average molecular weight is 314 g/mol. The van der Waals surface area contributed by atoms with Crippen LogP contribution < -0.4 is 5.73 Å². The zero-order chi connectivity index (χ0) is 15.9. The Hall–Kier alpha value is -1.11. The summed E-state index contributed by atoms with van der Waals surface area (Å²) in [5.41, 5.74) is 7.01. The molecule has 6 heteroatoms. The van der Waals surface area contributed by atoms with E-state index in [1.165, 1.54) is 0 Å². The van der Waals surface area contributed by atoms with E-state index < -0.39 is 10.0 Å². The van der Waals surface area contributed by atoms with Crippen molar-refractivity contribution in [2.45, 2.75) is 38.5 Å². The minimum Gasteiger partial charge on any atom is -0.399 e. The van der Waals surface area contributed by atoms with Gasteiger partial charge in [0.2, 0.25) is 10.0 Å². The van der Waals surface area contributed by atoms with Crippen LogP contribution in [0.25, 0.3) is 0 Å². The molecule has 0 aliphatic carbocycles. The Balaban J connectivity index is 2.94. The van der Waals surface area contributed by atoms with Crippen LogP contribution in [0.1, 0.15) is 32.3 Å². The lowest BCUT2D eigenvalue weighted by Gasteiger charge is -2.29. The number of nitrogens with two attached hydrogens (primary N) is 1. The fourth-order valence-electron chi connectivity index (χ4n) is 2.33. The van der Waals surface area contributed by atoms with Gasteiger partial charge in [-0.15, -0.1) is 0 Å². The fraction of sp³-hybridized carbons (Fsp3) is 0.600.